The molecule has 0 aliphatic heterocycles. The fourth-order valence-corrected chi connectivity index (χ4v) is 1.50. The van der Waals surface area contributed by atoms with Crippen LogP contribution in [0.2, 0.25) is 0 Å². The molecule has 2 aromatic rings. The second-order valence-corrected chi connectivity index (χ2v) is 3.56. The monoisotopic (exact) mass is 234 g/mol. The molecule has 4 N–H and O–H groups in total. The maximum absolute atomic E-state index is 13.4. The van der Waals surface area contributed by atoms with Crippen LogP contribution in [0.25, 0.3) is 0 Å². The lowest BCUT2D eigenvalue weighted by Gasteiger charge is -2.05. The quantitative estimate of drug-likeness (QED) is 0.821. The minimum absolute atomic E-state index is 0.140. The van der Waals surface area contributed by atoms with E-state index in [-0.39, 0.29) is 23.7 Å². The number of primary amides is 1. The first-order chi connectivity index (χ1) is 8.09. The van der Waals surface area contributed by atoms with Crippen LogP contribution in [0.1, 0.15) is 15.9 Å². The number of carbonyl (C=O) groups is 1. The van der Waals surface area contributed by atoms with E-state index in [2.05, 4.69) is 5.10 Å². The summed E-state index contributed by atoms with van der Waals surface area (Å²) >= 11 is 0. The van der Waals surface area contributed by atoms with Crippen LogP contribution in [0, 0.1) is 5.82 Å². The molecule has 0 saturated heterocycles. The lowest BCUT2D eigenvalue weighted by atomic mass is 10.2. The Balaban J connectivity index is 2.31. The van der Waals surface area contributed by atoms with E-state index < -0.39 is 5.91 Å². The molecule has 6 heteroatoms. The molecule has 0 unspecified atom stereocenters. The van der Waals surface area contributed by atoms with Crippen molar-refractivity contribution in [2.75, 3.05) is 5.73 Å². The van der Waals surface area contributed by atoms with Crippen molar-refractivity contribution in [3.05, 3.63) is 47.4 Å². The van der Waals surface area contributed by atoms with E-state index >= 15 is 0 Å². The Morgan fingerprint density at radius 3 is 2.71 bits per heavy atom. The molecular formula is C11H11FN4O. The van der Waals surface area contributed by atoms with E-state index in [1.807, 2.05) is 0 Å². The summed E-state index contributed by atoms with van der Waals surface area (Å²) in [6, 6.07) is 6.29. The third-order valence-electron chi connectivity index (χ3n) is 2.42. The number of benzene rings is 1. The molecule has 0 fully saturated rings. The Bertz CT molecular complexity index is 564. The maximum atomic E-state index is 13.4. The highest BCUT2D eigenvalue weighted by molar-refractivity contribution is 5.96. The molecular weight excluding hydrogens is 223 g/mol. The largest absolute Gasteiger partial charge is 0.383 e. The summed E-state index contributed by atoms with van der Waals surface area (Å²) in [6.45, 7) is 0.159. The zero-order chi connectivity index (χ0) is 12.4. The van der Waals surface area contributed by atoms with E-state index in [0.717, 1.165) is 0 Å². The zero-order valence-electron chi connectivity index (χ0n) is 8.93. The standard InChI is InChI=1S/C11H11FN4O/c12-9-4-2-1-3-7(9)6-16-10(13)8(5-15-16)11(14)17/h1-5H,6,13H2,(H2,14,17). The number of hydrogen-bond acceptors (Lipinski definition) is 3. The van der Waals surface area contributed by atoms with Crippen molar-refractivity contribution < 1.29 is 9.18 Å². The third kappa shape index (κ3) is 2.10. The molecule has 0 spiro atoms. The van der Waals surface area contributed by atoms with Crippen LogP contribution < -0.4 is 11.5 Å². The van der Waals surface area contributed by atoms with Crippen molar-refractivity contribution in [2.24, 2.45) is 5.73 Å². The summed E-state index contributed by atoms with van der Waals surface area (Å²) in [7, 11) is 0. The van der Waals surface area contributed by atoms with E-state index in [1.54, 1.807) is 18.2 Å². The highest BCUT2D eigenvalue weighted by Crippen LogP contribution is 2.14. The average Bonchev–Trinajstić information content (AvgIpc) is 2.64. The number of anilines is 1. The molecule has 1 heterocycles. The Kier molecular flexibility index (Phi) is 2.78. The molecule has 0 aliphatic rings. The Morgan fingerprint density at radius 1 is 1.41 bits per heavy atom. The number of hydrogen-bond donors (Lipinski definition) is 2. The lowest BCUT2D eigenvalue weighted by molar-refractivity contribution is 0.100. The second kappa shape index (κ2) is 4.25. The SMILES string of the molecule is NC(=O)c1cnn(Cc2ccccc2F)c1N. The number of aromatic nitrogens is 2. The van der Waals surface area contributed by atoms with E-state index in [4.69, 9.17) is 11.5 Å². The summed E-state index contributed by atoms with van der Waals surface area (Å²) in [5, 5.41) is 3.90. The van der Waals surface area contributed by atoms with Crippen molar-refractivity contribution in [3.8, 4) is 0 Å². The average molecular weight is 234 g/mol. The van der Waals surface area contributed by atoms with E-state index in [0.29, 0.717) is 5.56 Å². The Labute approximate surface area is 96.8 Å². The first-order valence-electron chi connectivity index (χ1n) is 4.94. The van der Waals surface area contributed by atoms with Crippen LogP contribution in [-0.4, -0.2) is 15.7 Å². The van der Waals surface area contributed by atoms with Gasteiger partial charge in [-0.1, -0.05) is 18.2 Å². The van der Waals surface area contributed by atoms with Crippen molar-refractivity contribution in [2.45, 2.75) is 6.54 Å². The van der Waals surface area contributed by atoms with Crippen LogP contribution >= 0.6 is 0 Å². The molecule has 0 saturated carbocycles. The molecule has 1 amide bonds. The summed E-state index contributed by atoms with van der Waals surface area (Å²) in [5.74, 6) is -0.855. The van der Waals surface area contributed by atoms with Crippen LogP contribution in [0.15, 0.2) is 30.5 Å². The first kappa shape index (κ1) is 11.1. The fourth-order valence-electron chi connectivity index (χ4n) is 1.50. The van der Waals surface area contributed by atoms with Gasteiger partial charge < -0.3 is 11.5 Å². The van der Waals surface area contributed by atoms with Gasteiger partial charge >= 0.3 is 0 Å². The van der Waals surface area contributed by atoms with Gasteiger partial charge in [-0.2, -0.15) is 5.10 Å². The number of nitrogen functional groups attached to an aromatic ring is 1. The van der Waals surface area contributed by atoms with Crippen molar-refractivity contribution in [1.29, 1.82) is 0 Å². The van der Waals surface area contributed by atoms with Gasteiger partial charge in [0.15, 0.2) is 0 Å². The second-order valence-electron chi connectivity index (χ2n) is 3.56. The smallest absolute Gasteiger partial charge is 0.254 e. The van der Waals surface area contributed by atoms with Gasteiger partial charge in [0.1, 0.15) is 17.2 Å². The van der Waals surface area contributed by atoms with Gasteiger partial charge in [-0.3, -0.25) is 4.79 Å². The number of nitrogens with two attached hydrogens (primary N) is 2. The van der Waals surface area contributed by atoms with Crippen molar-refractivity contribution in [1.82, 2.24) is 9.78 Å². The Morgan fingerprint density at radius 2 is 2.12 bits per heavy atom. The highest BCUT2D eigenvalue weighted by atomic mass is 19.1. The van der Waals surface area contributed by atoms with Crippen molar-refractivity contribution >= 4 is 11.7 Å². The minimum Gasteiger partial charge on any atom is -0.383 e. The van der Waals surface area contributed by atoms with Gasteiger partial charge in [-0.25, -0.2) is 9.07 Å². The molecule has 0 aliphatic carbocycles. The molecule has 1 aromatic carbocycles. The number of rotatable bonds is 3. The number of carbonyl (C=O) groups excluding carboxylic acids is 1. The van der Waals surface area contributed by atoms with E-state index in [9.17, 15) is 9.18 Å². The van der Waals surface area contributed by atoms with Gasteiger partial charge in [-0.15, -0.1) is 0 Å². The predicted octanol–water partition coefficient (Wildman–Crippen LogP) is 0.752. The lowest BCUT2D eigenvalue weighted by Crippen LogP contribution is -2.14. The number of nitrogens with zero attached hydrogens (tertiary/aromatic N) is 2. The fraction of sp³-hybridized carbons (Fsp3) is 0.0909. The molecule has 17 heavy (non-hydrogen) atoms. The third-order valence-corrected chi connectivity index (χ3v) is 2.42. The Hall–Kier alpha value is -2.37. The van der Waals surface area contributed by atoms with Gasteiger partial charge in [0.05, 0.1) is 12.7 Å². The molecule has 0 atom stereocenters. The molecule has 1 aromatic heterocycles. The van der Waals surface area contributed by atoms with Crippen LogP contribution in [0.4, 0.5) is 10.2 Å². The van der Waals surface area contributed by atoms with Crippen LogP contribution in [-0.2, 0) is 6.54 Å². The van der Waals surface area contributed by atoms with Gasteiger partial charge in [0.25, 0.3) is 5.91 Å². The topological polar surface area (TPSA) is 86.9 Å². The predicted molar refractivity (Wildman–Crippen MR) is 60.7 cm³/mol. The van der Waals surface area contributed by atoms with Gasteiger partial charge in [-0.05, 0) is 6.07 Å². The van der Waals surface area contributed by atoms with Crippen LogP contribution in [0.3, 0.4) is 0 Å². The minimum atomic E-state index is -0.651. The molecule has 0 radical (unpaired) electrons. The summed E-state index contributed by atoms with van der Waals surface area (Å²) < 4.78 is 14.7. The first-order valence-corrected chi connectivity index (χ1v) is 4.94. The van der Waals surface area contributed by atoms with Crippen LogP contribution in [0.5, 0.6) is 0 Å². The van der Waals surface area contributed by atoms with E-state index in [1.165, 1.54) is 16.9 Å². The van der Waals surface area contributed by atoms with Gasteiger partial charge in [0.2, 0.25) is 0 Å². The van der Waals surface area contributed by atoms with Gasteiger partial charge in [0, 0.05) is 5.56 Å². The highest BCUT2D eigenvalue weighted by Gasteiger charge is 2.13. The number of amides is 1. The molecule has 5 nitrogen and oxygen atoms in total. The maximum Gasteiger partial charge on any atom is 0.254 e. The normalized spacial score (nSPS) is 10.4. The zero-order valence-corrected chi connectivity index (χ0v) is 8.93. The number of halogens is 1. The van der Waals surface area contributed by atoms with Crippen molar-refractivity contribution in [3.63, 3.8) is 0 Å². The molecule has 0 bridgehead atoms. The summed E-state index contributed by atoms with van der Waals surface area (Å²) in [4.78, 5) is 11.0. The molecule has 88 valence electrons. The summed E-state index contributed by atoms with van der Waals surface area (Å²) in [6.07, 6.45) is 1.28. The molecule has 2 rings (SSSR count). The summed E-state index contributed by atoms with van der Waals surface area (Å²) in [5.41, 5.74) is 11.4.